The van der Waals surface area contributed by atoms with Crippen molar-refractivity contribution in [3.05, 3.63) is 48.6 Å². The Bertz CT molecular complexity index is 1320. The lowest BCUT2D eigenvalue weighted by molar-refractivity contribution is 0.142. The maximum Gasteiger partial charge on any atom is 0.416 e. The molecule has 0 aliphatic carbocycles. The first-order chi connectivity index (χ1) is 15.9. The summed E-state index contributed by atoms with van der Waals surface area (Å²) >= 11 is 0. The Hall–Kier alpha value is -3.99. The predicted molar refractivity (Wildman–Crippen MR) is 120 cm³/mol. The number of carbonyl (C=O) groups is 1. The van der Waals surface area contributed by atoms with Gasteiger partial charge in [-0.1, -0.05) is 17.3 Å². The first kappa shape index (κ1) is 20.9. The maximum atomic E-state index is 12.1. The van der Waals surface area contributed by atoms with E-state index in [4.69, 9.17) is 9.26 Å². The van der Waals surface area contributed by atoms with Crippen LogP contribution in [0.2, 0.25) is 0 Å². The molecule has 2 N–H and O–H groups in total. The van der Waals surface area contributed by atoms with Crippen molar-refractivity contribution in [1.82, 2.24) is 24.7 Å². The van der Waals surface area contributed by atoms with Gasteiger partial charge in [0, 0.05) is 30.5 Å². The number of aliphatic hydroxyl groups excluding tert-OH is 1. The molecule has 170 valence electrons. The van der Waals surface area contributed by atoms with Crippen LogP contribution in [0.1, 0.15) is 25.8 Å². The van der Waals surface area contributed by atoms with E-state index >= 15 is 0 Å². The Balaban J connectivity index is 1.34. The van der Waals surface area contributed by atoms with Crippen LogP contribution in [-0.4, -0.2) is 54.6 Å². The standard InChI is InChI=1S/C22H23N7O4/c1-12(20-26-19(27-33-20)15-5-4-14-7-9-28(3)16(14)10-15)24-21-23-8-6-18(25-21)29-17(13(2)30)11-32-22(29)31/h4-10,12-13,17,30H,11H2,1-3H3,(H,23,24,25)/t12-,13-,17-/m1/s1. The van der Waals surface area contributed by atoms with Crippen molar-refractivity contribution in [3.8, 4) is 11.4 Å². The molecular formula is C22H23N7O4. The second kappa shape index (κ2) is 8.17. The molecule has 1 aliphatic heterocycles. The number of hydrogen-bond acceptors (Lipinski definition) is 9. The number of cyclic esters (lactones) is 1. The number of aromatic nitrogens is 5. The summed E-state index contributed by atoms with van der Waals surface area (Å²) in [5.74, 6) is 1.45. The summed E-state index contributed by atoms with van der Waals surface area (Å²) in [6, 6.07) is 8.72. The van der Waals surface area contributed by atoms with Crippen molar-refractivity contribution in [1.29, 1.82) is 0 Å². The minimum absolute atomic E-state index is 0.0962. The Morgan fingerprint density at radius 1 is 1.21 bits per heavy atom. The summed E-state index contributed by atoms with van der Waals surface area (Å²) < 4.78 is 12.6. The molecule has 4 aromatic rings. The highest BCUT2D eigenvalue weighted by atomic mass is 16.6. The maximum absolute atomic E-state index is 12.1. The van der Waals surface area contributed by atoms with Crippen molar-refractivity contribution in [2.24, 2.45) is 7.05 Å². The molecule has 5 rings (SSSR count). The molecule has 0 unspecified atom stereocenters. The van der Waals surface area contributed by atoms with Crippen LogP contribution in [0.25, 0.3) is 22.3 Å². The normalized spacial score (nSPS) is 17.9. The van der Waals surface area contributed by atoms with E-state index < -0.39 is 24.3 Å². The largest absolute Gasteiger partial charge is 0.447 e. The van der Waals surface area contributed by atoms with Crippen molar-refractivity contribution in [3.63, 3.8) is 0 Å². The van der Waals surface area contributed by atoms with E-state index in [1.165, 1.54) is 11.1 Å². The SMILES string of the molecule is C[C@@H](Nc1nccc(N2C(=O)OC[C@@H]2[C@@H](C)O)n1)c1nc(-c2ccc3ccn(C)c3c2)no1. The van der Waals surface area contributed by atoms with Gasteiger partial charge in [-0.15, -0.1) is 0 Å². The molecule has 0 radical (unpaired) electrons. The van der Waals surface area contributed by atoms with Gasteiger partial charge in [0.25, 0.3) is 0 Å². The summed E-state index contributed by atoms with van der Waals surface area (Å²) in [6.45, 7) is 3.54. The summed E-state index contributed by atoms with van der Waals surface area (Å²) in [7, 11) is 1.99. The van der Waals surface area contributed by atoms with Gasteiger partial charge in [0.15, 0.2) is 0 Å². The summed E-state index contributed by atoms with van der Waals surface area (Å²) in [4.78, 5) is 26.6. The fourth-order valence-corrected chi connectivity index (χ4v) is 3.79. The number of rotatable bonds is 6. The first-order valence-electron chi connectivity index (χ1n) is 10.5. The van der Waals surface area contributed by atoms with Gasteiger partial charge in [0.1, 0.15) is 24.5 Å². The van der Waals surface area contributed by atoms with E-state index in [-0.39, 0.29) is 12.6 Å². The van der Waals surface area contributed by atoms with Gasteiger partial charge in [-0.3, -0.25) is 4.90 Å². The van der Waals surface area contributed by atoms with Gasteiger partial charge in [-0.2, -0.15) is 9.97 Å². The molecule has 3 aromatic heterocycles. The number of fused-ring (bicyclic) bond motifs is 1. The first-order valence-corrected chi connectivity index (χ1v) is 10.5. The second-order valence-corrected chi connectivity index (χ2v) is 8.02. The van der Waals surface area contributed by atoms with Crippen molar-refractivity contribution in [2.75, 3.05) is 16.8 Å². The van der Waals surface area contributed by atoms with Crippen LogP contribution in [0.15, 0.2) is 47.2 Å². The minimum Gasteiger partial charge on any atom is -0.447 e. The molecule has 1 fully saturated rings. The number of aliphatic hydroxyl groups is 1. The smallest absolute Gasteiger partial charge is 0.416 e. The fraction of sp³-hybridized carbons (Fsp3) is 0.318. The summed E-state index contributed by atoms with van der Waals surface area (Å²) in [5.41, 5.74) is 1.92. The Labute approximate surface area is 189 Å². The Morgan fingerprint density at radius 3 is 2.88 bits per heavy atom. The van der Waals surface area contributed by atoms with E-state index in [0.717, 1.165) is 16.5 Å². The van der Waals surface area contributed by atoms with Crippen LogP contribution in [0, 0.1) is 0 Å². The third kappa shape index (κ3) is 3.87. The van der Waals surface area contributed by atoms with Gasteiger partial charge < -0.3 is 24.3 Å². The molecule has 1 amide bonds. The molecule has 0 spiro atoms. The number of anilines is 2. The highest BCUT2D eigenvalue weighted by Gasteiger charge is 2.38. The number of hydrogen-bond donors (Lipinski definition) is 2. The number of benzene rings is 1. The topological polar surface area (TPSA) is 131 Å². The van der Waals surface area contributed by atoms with Gasteiger partial charge in [0.2, 0.25) is 17.7 Å². The fourth-order valence-electron chi connectivity index (χ4n) is 3.79. The van der Waals surface area contributed by atoms with Gasteiger partial charge in [0.05, 0.1) is 6.10 Å². The predicted octanol–water partition coefficient (Wildman–Crippen LogP) is 2.90. The van der Waals surface area contributed by atoms with E-state index in [1.54, 1.807) is 13.0 Å². The third-order valence-corrected chi connectivity index (χ3v) is 5.65. The van der Waals surface area contributed by atoms with Crippen LogP contribution in [-0.2, 0) is 11.8 Å². The van der Waals surface area contributed by atoms with Crippen LogP contribution < -0.4 is 10.2 Å². The number of nitrogens with zero attached hydrogens (tertiary/aromatic N) is 6. The zero-order chi connectivity index (χ0) is 23.1. The van der Waals surface area contributed by atoms with E-state index in [9.17, 15) is 9.90 Å². The summed E-state index contributed by atoms with van der Waals surface area (Å²) in [5, 5.41) is 18.3. The Morgan fingerprint density at radius 2 is 2.06 bits per heavy atom. The monoisotopic (exact) mass is 449 g/mol. The molecule has 1 saturated heterocycles. The molecule has 3 atom stereocenters. The molecule has 11 heteroatoms. The second-order valence-electron chi connectivity index (χ2n) is 8.02. The van der Waals surface area contributed by atoms with E-state index in [0.29, 0.717) is 17.5 Å². The van der Waals surface area contributed by atoms with Gasteiger partial charge in [-0.05, 0) is 37.4 Å². The van der Waals surface area contributed by atoms with Crippen molar-refractivity contribution in [2.45, 2.75) is 32.0 Å². The van der Waals surface area contributed by atoms with Crippen LogP contribution in [0.5, 0.6) is 0 Å². The average molecular weight is 449 g/mol. The van der Waals surface area contributed by atoms with Crippen molar-refractivity contribution < 1.29 is 19.2 Å². The lowest BCUT2D eigenvalue weighted by Crippen LogP contribution is -2.41. The molecule has 11 nitrogen and oxygen atoms in total. The molecule has 1 aromatic carbocycles. The van der Waals surface area contributed by atoms with E-state index in [1.807, 2.05) is 49.0 Å². The molecule has 1 aliphatic rings. The van der Waals surface area contributed by atoms with Crippen LogP contribution in [0.3, 0.4) is 0 Å². The zero-order valence-corrected chi connectivity index (χ0v) is 18.3. The number of carbonyl (C=O) groups excluding carboxylic acids is 1. The average Bonchev–Trinajstić information content (AvgIpc) is 3.53. The van der Waals surface area contributed by atoms with Gasteiger partial charge in [-0.25, -0.2) is 9.78 Å². The quantitative estimate of drug-likeness (QED) is 0.456. The lowest BCUT2D eigenvalue weighted by atomic mass is 10.1. The molecular weight excluding hydrogens is 426 g/mol. The minimum atomic E-state index is -0.770. The molecule has 0 bridgehead atoms. The number of ether oxygens (including phenoxy) is 1. The Kier molecular flexibility index (Phi) is 5.17. The highest BCUT2D eigenvalue weighted by Crippen LogP contribution is 2.26. The number of aryl methyl sites for hydroxylation is 1. The van der Waals surface area contributed by atoms with E-state index in [2.05, 4.69) is 25.4 Å². The van der Waals surface area contributed by atoms with Crippen LogP contribution >= 0.6 is 0 Å². The highest BCUT2D eigenvalue weighted by molar-refractivity contribution is 5.89. The van der Waals surface area contributed by atoms with Gasteiger partial charge >= 0.3 is 6.09 Å². The molecule has 4 heterocycles. The molecule has 33 heavy (non-hydrogen) atoms. The number of amides is 1. The van der Waals surface area contributed by atoms with Crippen molar-refractivity contribution >= 4 is 28.8 Å². The van der Waals surface area contributed by atoms with Crippen LogP contribution in [0.4, 0.5) is 16.6 Å². The third-order valence-electron chi connectivity index (χ3n) is 5.65. The zero-order valence-electron chi connectivity index (χ0n) is 18.3. The summed E-state index contributed by atoms with van der Waals surface area (Å²) in [6.07, 6.45) is 2.20. The molecule has 0 saturated carbocycles. The lowest BCUT2D eigenvalue weighted by Gasteiger charge is -2.22. The number of nitrogens with one attached hydrogen (secondary N) is 1.